The lowest BCUT2D eigenvalue weighted by Gasteiger charge is -2.30. The van der Waals surface area contributed by atoms with E-state index in [1.807, 2.05) is 12.1 Å². The fourth-order valence-electron chi connectivity index (χ4n) is 3.22. The van der Waals surface area contributed by atoms with Crippen LogP contribution >= 0.6 is 46.0 Å². The van der Waals surface area contributed by atoms with Crippen molar-refractivity contribution in [2.45, 2.75) is 5.92 Å². The second-order valence-corrected chi connectivity index (χ2v) is 9.39. The second-order valence-electron chi connectivity index (χ2n) is 6.72. The molecule has 32 heavy (non-hydrogen) atoms. The number of nitriles is 1. The molecule has 0 radical (unpaired) electrons. The van der Waals surface area contributed by atoms with Crippen LogP contribution in [0.2, 0.25) is 5.02 Å². The van der Waals surface area contributed by atoms with Gasteiger partial charge in [0.15, 0.2) is 0 Å². The minimum Gasteiger partial charge on any atom is -0.468 e. The highest BCUT2D eigenvalue weighted by Crippen LogP contribution is 2.40. The lowest BCUT2D eigenvalue weighted by molar-refractivity contribution is -0.150. The van der Waals surface area contributed by atoms with Crippen LogP contribution in [0.15, 0.2) is 59.1 Å². The quantitative estimate of drug-likeness (QED) is 0.303. The maximum absolute atomic E-state index is 12.8. The molecule has 3 rings (SSSR count). The van der Waals surface area contributed by atoms with Gasteiger partial charge in [0.05, 0.1) is 29.5 Å². The Bertz CT molecular complexity index is 1110. The molecule has 2 N–H and O–H groups in total. The predicted molar refractivity (Wildman–Crippen MR) is 131 cm³/mol. The number of carbonyl (C=O) groups is 3. The number of ether oxygens (including phenoxy) is 1. The van der Waals surface area contributed by atoms with Gasteiger partial charge in [-0.15, -0.1) is 0 Å². The normalized spacial score (nSPS) is 17.9. The maximum atomic E-state index is 12.8. The molecule has 0 spiro atoms. The molecular weight excluding hydrogens is 565 g/mol. The predicted octanol–water partition coefficient (Wildman–Crippen LogP) is 4.05. The van der Waals surface area contributed by atoms with Crippen molar-refractivity contribution in [1.29, 1.82) is 5.26 Å². The molecule has 0 aromatic heterocycles. The van der Waals surface area contributed by atoms with E-state index in [1.165, 1.54) is 7.11 Å². The van der Waals surface area contributed by atoms with Crippen LogP contribution < -0.4 is 10.6 Å². The van der Waals surface area contributed by atoms with E-state index < -0.39 is 23.7 Å². The molecule has 1 heterocycles. The number of nitrogens with one attached hydrogen (secondary N) is 2. The van der Waals surface area contributed by atoms with Gasteiger partial charge in [0.1, 0.15) is 5.92 Å². The van der Waals surface area contributed by atoms with E-state index >= 15 is 0 Å². The lowest BCUT2D eigenvalue weighted by atomic mass is 9.78. The van der Waals surface area contributed by atoms with Gasteiger partial charge in [-0.2, -0.15) is 5.26 Å². The van der Waals surface area contributed by atoms with Crippen molar-refractivity contribution in [3.63, 3.8) is 0 Å². The van der Waals surface area contributed by atoms with Gasteiger partial charge in [-0.1, -0.05) is 35.5 Å². The Balaban J connectivity index is 1.87. The average molecular weight is 582 g/mol. The van der Waals surface area contributed by atoms with Crippen LogP contribution in [0.25, 0.3) is 0 Å². The number of anilines is 1. The van der Waals surface area contributed by atoms with E-state index in [0.29, 0.717) is 16.3 Å². The summed E-state index contributed by atoms with van der Waals surface area (Å²) in [6.07, 6.45) is 0. The van der Waals surface area contributed by atoms with E-state index in [1.54, 1.807) is 36.4 Å². The summed E-state index contributed by atoms with van der Waals surface area (Å²) in [5.41, 5.74) is 1.38. The number of halogens is 2. The number of amides is 2. The van der Waals surface area contributed by atoms with Crippen LogP contribution in [-0.4, -0.2) is 30.6 Å². The molecule has 10 heteroatoms. The number of thioether (sulfide) groups is 1. The Kier molecular flexibility index (Phi) is 8.17. The smallest absolute Gasteiger partial charge is 0.319 e. The summed E-state index contributed by atoms with van der Waals surface area (Å²) in [6.45, 7) is 0. The third-order valence-electron chi connectivity index (χ3n) is 4.69. The minimum atomic E-state index is -1.24. The first kappa shape index (κ1) is 24.1. The summed E-state index contributed by atoms with van der Waals surface area (Å²) in [5, 5.41) is 16.0. The van der Waals surface area contributed by atoms with Crippen molar-refractivity contribution < 1.29 is 19.1 Å². The zero-order chi connectivity index (χ0) is 23.3. The van der Waals surface area contributed by atoms with E-state index in [0.717, 1.165) is 15.3 Å². The number of methoxy groups -OCH3 is 1. The Morgan fingerprint density at radius 3 is 2.47 bits per heavy atom. The summed E-state index contributed by atoms with van der Waals surface area (Å²) in [7, 11) is 1.18. The molecule has 1 aliphatic heterocycles. The molecule has 0 bridgehead atoms. The number of rotatable bonds is 6. The van der Waals surface area contributed by atoms with Crippen LogP contribution in [-0.2, 0) is 19.1 Å². The van der Waals surface area contributed by atoms with Crippen molar-refractivity contribution in [1.82, 2.24) is 5.32 Å². The maximum Gasteiger partial charge on any atom is 0.319 e. The number of esters is 1. The number of carbonyl (C=O) groups excluding carboxylic acids is 3. The monoisotopic (exact) mass is 581 g/mol. The van der Waals surface area contributed by atoms with Gasteiger partial charge in [0.25, 0.3) is 0 Å². The van der Waals surface area contributed by atoms with Crippen LogP contribution in [0.1, 0.15) is 11.5 Å². The molecule has 2 atom stereocenters. The highest BCUT2D eigenvalue weighted by atomic mass is 127. The first-order valence-electron chi connectivity index (χ1n) is 9.30. The first-order valence-corrected chi connectivity index (χ1v) is 11.7. The topological polar surface area (TPSA) is 108 Å². The molecule has 0 fully saturated rings. The third-order valence-corrected chi connectivity index (χ3v) is 6.68. The molecule has 0 saturated carbocycles. The van der Waals surface area contributed by atoms with Gasteiger partial charge in [0, 0.05) is 20.2 Å². The molecule has 2 amide bonds. The Labute approximate surface area is 207 Å². The molecule has 0 unspecified atom stereocenters. The van der Waals surface area contributed by atoms with Gasteiger partial charge < -0.3 is 15.4 Å². The van der Waals surface area contributed by atoms with E-state index in [-0.39, 0.29) is 22.3 Å². The Hall–Kier alpha value is -2.55. The molecule has 164 valence electrons. The minimum absolute atomic E-state index is 0.0387. The zero-order valence-corrected chi connectivity index (χ0v) is 20.5. The summed E-state index contributed by atoms with van der Waals surface area (Å²) in [4.78, 5) is 37.5. The fourth-order valence-corrected chi connectivity index (χ4v) is 4.55. The van der Waals surface area contributed by atoms with Gasteiger partial charge in [-0.05, 0) is 64.6 Å². The lowest BCUT2D eigenvalue weighted by Crippen LogP contribution is -2.44. The van der Waals surface area contributed by atoms with Gasteiger partial charge in [-0.3, -0.25) is 14.4 Å². The molecule has 0 aliphatic carbocycles. The first-order chi connectivity index (χ1) is 15.3. The Morgan fingerprint density at radius 1 is 1.22 bits per heavy atom. The fraction of sp³-hybridized carbons (Fsp3) is 0.182. The molecule has 1 aliphatic rings. The average Bonchev–Trinajstić information content (AvgIpc) is 2.78. The van der Waals surface area contributed by atoms with Gasteiger partial charge in [-0.25, -0.2) is 0 Å². The van der Waals surface area contributed by atoms with Crippen LogP contribution in [0.5, 0.6) is 0 Å². The third kappa shape index (κ3) is 5.62. The van der Waals surface area contributed by atoms with Crippen LogP contribution in [0.4, 0.5) is 5.69 Å². The number of nitrogens with zero attached hydrogens (tertiary/aromatic N) is 1. The van der Waals surface area contributed by atoms with E-state index in [4.69, 9.17) is 16.3 Å². The van der Waals surface area contributed by atoms with Crippen LogP contribution in [0.3, 0.4) is 0 Å². The van der Waals surface area contributed by atoms with Crippen molar-refractivity contribution in [3.8, 4) is 6.07 Å². The van der Waals surface area contributed by atoms with Crippen molar-refractivity contribution in [3.05, 3.63) is 73.3 Å². The summed E-state index contributed by atoms with van der Waals surface area (Å²) < 4.78 is 5.85. The summed E-state index contributed by atoms with van der Waals surface area (Å²) in [6, 6.07) is 15.9. The largest absolute Gasteiger partial charge is 0.468 e. The molecule has 2 aromatic carbocycles. The van der Waals surface area contributed by atoms with Crippen LogP contribution in [0, 0.1) is 20.8 Å². The number of allylic oxidation sites excluding steroid dienone is 1. The molecule has 7 nitrogen and oxygen atoms in total. The highest BCUT2D eigenvalue weighted by molar-refractivity contribution is 14.1. The molecule has 0 saturated heterocycles. The Morgan fingerprint density at radius 2 is 1.88 bits per heavy atom. The SMILES string of the molecule is COC(=O)[C@@H]1C(=O)NC(SCC(=O)Nc2ccc(I)cc2)=C(C#N)[C@H]1c1ccc(Cl)cc1. The van der Waals surface area contributed by atoms with Gasteiger partial charge in [0.2, 0.25) is 11.8 Å². The number of benzene rings is 2. The summed E-state index contributed by atoms with van der Waals surface area (Å²) >= 11 is 9.16. The van der Waals surface area contributed by atoms with Gasteiger partial charge >= 0.3 is 5.97 Å². The standard InChI is InChI=1S/C22H17ClIN3O4S/c1-31-22(30)19-18(12-2-4-13(23)5-3-12)16(10-25)21(27-20(19)29)32-11-17(28)26-15-8-6-14(24)7-9-15/h2-9,18-19H,11H2,1H3,(H,26,28)(H,27,29)/t18-,19+/m1/s1. The number of hydrogen-bond acceptors (Lipinski definition) is 6. The van der Waals surface area contributed by atoms with Crippen molar-refractivity contribution in [2.75, 3.05) is 18.2 Å². The molecule has 2 aromatic rings. The highest BCUT2D eigenvalue weighted by Gasteiger charge is 2.44. The van der Waals surface area contributed by atoms with E-state index in [2.05, 4.69) is 39.3 Å². The van der Waals surface area contributed by atoms with Crippen molar-refractivity contribution in [2.24, 2.45) is 5.92 Å². The summed E-state index contributed by atoms with van der Waals surface area (Å²) in [5.74, 6) is -3.79. The molecular formula is C22H17ClIN3O4S. The van der Waals surface area contributed by atoms with Crippen molar-refractivity contribution >= 4 is 69.4 Å². The van der Waals surface area contributed by atoms with E-state index in [9.17, 15) is 19.6 Å². The second kappa shape index (κ2) is 10.8. The zero-order valence-electron chi connectivity index (χ0n) is 16.7. The number of hydrogen-bond donors (Lipinski definition) is 2.